The minimum atomic E-state index is -0.790. The first kappa shape index (κ1) is 12.3. The lowest BCUT2D eigenvalue weighted by Crippen LogP contribution is -2.45. The van der Waals surface area contributed by atoms with Gasteiger partial charge in [-0.3, -0.25) is 4.79 Å². The molecule has 1 aromatic rings. The molecule has 1 aliphatic heterocycles. The van der Waals surface area contributed by atoms with Crippen molar-refractivity contribution in [1.82, 2.24) is 20.4 Å². The van der Waals surface area contributed by atoms with Crippen molar-refractivity contribution in [3.05, 3.63) is 12.2 Å². The van der Waals surface area contributed by atoms with Gasteiger partial charge < -0.3 is 19.8 Å². The Labute approximate surface area is 103 Å². The minimum absolute atomic E-state index is 0.203. The maximum atomic E-state index is 11.8. The third kappa shape index (κ3) is 2.96. The number of amides is 2. The van der Waals surface area contributed by atoms with Crippen LogP contribution in [0.5, 0.6) is 0 Å². The number of hydrogen-bond acceptors (Lipinski definition) is 5. The molecule has 0 aromatic carbocycles. The number of piperidine rings is 1. The summed E-state index contributed by atoms with van der Waals surface area (Å²) in [5.74, 6) is -0.725. The number of carbonyl (C=O) groups excluding carboxylic acids is 1. The van der Waals surface area contributed by atoms with Gasteiger partial charge in [0.1, 0.15) is 0 Å². The van der Waals surface area contributed by atoms with Crippen molar-refractivity contribution in [3.63, 3.8) is 0 Å². The second-order valence-electron chi connectivity index (χ2n) is 4.11. The van der Waals surface area contributed by atoms with Crippen LogP contribution in [0.25, 0.3) is 0 Å². The number of aliphatic carboxylic acids is 1. The van der Waals surface area contributed by atoms with Gasteiger partial charge in [0.25, 0.3) is 0 Å². The Morgan fingerprint density at radius 3 is 2.78 bits per heavy atom. The van der Waals surface area contributed by atoms with E-state index in [0.29, 0.717) is 31.8 Å². The average molecular weight is 254 g/mol. The Bertz CT molecular complexity index is 412. The van der Waals surface area contributed by atoms with E-state index in [0.717, 1.165) is 0 Å². The summed E-state index contributed by atoms with van der Waals surface area (Å²) in [6.07, 6.45) is 2.18. The van der Waals surface area contributed by atoms with Crippen molar-refractivity contribution in [2.45, 2.75) is 19.4 Å². The van der Waals surface area contributed by atoms with E-state index in [-0.39, 0.29) is 18.5 Å². The van der Waals surface area contributed by atoms with E-state index >= 15 is 0 Å². The standard InChI is InChI=1S/C10H14N4O4/c15-9(16)7-1-3-14(4-2-7)10(17)11-5-8-12-6-18-13-8/h6-7H,1-5H2,(H,11,17)(H,15,16). The molecule has 2 heterocycles. The summed E-state index contributed by atoms with van der Waals surface area (Å²) in [5, 5.41) is 15.1. The van der Waals surface area contributed by atoms with Gasteiger partial charge in [0.05, 0.1) is 12.5 Å². The number of nitrogens with one attached hydrogen (secondary N) is 1. The van der Waals surface area contributed by atoms with Crippen LogP contribution in [0.15, 0.2) is 10.9 Å². The zero-order chi connectivity index (χ0) is 13.0. The lowest BCUT2D eigenvalue weighted by molar-refractivity contribution is -0.143. The number of carboxylic acids is 1. The number of aromatic nitrogens is 2. The zero-order valence-electron chi connectivity index (χ0n) is 9.70. The minimum Gasteiger partial charge on any atom is -0.481 e. The summed E-state index contributed by atoms with van der Waals surface area (Å²) in [5.41, 5.74) is 0. The second-order valence-corrected chi connectivity index (χ2v) is 4.11. The monoisotopic (exact) mass is 254 g/mol. The van der Waals surface area contributed by atoms with Crippen molar-refractivity contribution in [3.8, 4) is 0 Å². The van der Waals surface area contributed by atoms with E-state index in [1.165, 1.54) is 6.39 Å². The van der Waals surface area contributed by atoms with E-state index < -0.39 is 5.97 Å². The Morgan fingerprint density at radius 1 is 1.50 bits per heavy atom. The molecule has 0 radical (unpaired) electrons. The molecule has 0 saturated carbocycles. The summed E-state index contributed by atoms with van der Waals surface area (Å²) in [6, 6.07) is -0.233. The lowest BCUT2D eigenvalue weighted by Gasteiger charge is -2.29. The third-order valence-corrected chi connectivity index (χ3v) is 2.94. The summed E-state index contributed by atoms with van der Waals surface area (Å²) in [7, 11) is 0. The van der Waals surface area contributed by atoms with Crippen LogP contribution in [0, 0.1) is 5.92 Å². The summed E-state index contributed by atoms with van der Waals surface area (Å²) >= 11 is 0. The fourth-order valence-corrected chi connectivity index (χ4v) is 1.87. The fraction of sp³-hybridized carbons (Fsp3) is 0.600. The Morgan fingerprint density at radius 2 is 2.22 bits per heavy atom. The smallest absolute Gasteiger partial charge is 0.317 e. The highest BCUT2D eigenvalue weighted by Crippen LogP contribution is 2.17. The normalized spacial score (nSPS) is 16.6. The SMILES string of the molecule is O=C(O)C1CCN(C(=O)NCc2ncon2)CC1. The highest BCUT2D eigenvalue weighted by atomic mass is 16.5. The molecule has 0 atom stereocenters. The van der Waals surface area contributed by atoms with E-state index in [2.05, 4.69) is 20.0 Å². The highest BCUT2D eigenvalue weighted by molar-refractivity contribution is 5.75. The van der Waals surface area contributed by atoms with E-state index in [1.54, 1.807) is 4.90 Å². The second kappa shape index (κ2) is 5.48. The number of hydrogen-bond donors (Lipinski definition) is 2. The number of urea groups is 1. The van der Waals surface area contributed by atoms with Gasteiger partial charge in [-0.25, -0.2) is 4.79 Å². The van der Waals surface area contributed by atoms with Crippen LogP contribution < -0.4 is 5.32 Å². The van der Waals surface area contributed by atoms with E-state index in [1.807, 2.05) is 0 Å². The molecule has 2 amide bonds. The van der Waals surface area contributed by atoms with Crippen LogP contribution in [-0.2, 0) is 11.3 Å². The molecule has 1 saturated heterocycles. The first-order chi connectivity index (χ1) is 8.66. The first-order valence-corrected chi connectivity index (χ1v) is 5.67. The maximum absolute atomic E-state index is 11.8. The number of carbonyl (C=O) groups is 2. The van der Waals surface area contributed by atoms with Gasteiger partial charge in [-0.2, -0.15) is 4.98 Å². The fourth-order valence-electron chi connectivity index (χ4n) is 1.87. The number of likely N-dealkylation sites (tertiary alicyclic amines) is 1. The van der Waals surface area contributed by atoms with Crippen LogP contribution in [0.4, 0.5) is 4.79 Å². The molecule has 0 bridgehead atoms. The lowest BCUT2D eigenvalue weighted by atomic mass is 9.97. The number of rotatable bonds is 3. The van der Waals surface area contributed by atoms with Crippen molar-refractivity contribution >= 4 is 12.0 Å². The van der Waals surface area contributed by atoms with Gasteiger partial charge in [-0.15, -0.1) is 0 Å². The quantitative estimate of drug-likeness (QED) is 0.790. The summed E-state index contributed by atoms with van der Waals surface area (Å²) in [4.78, 5) is 27.9. The summed E-state index contributed by atoms with van der Waals surface area (Å²) in [6.45, 7) is 1.11. The molecule has 2 rings (SSSR count). The average Bonchev–Trinajstić information content (AvgIpc) is 2.89. The third-order valence-electron chi connectivity index (χ3n) is 2.94. The molecule has 0 spiro atoms. The Balaban J connectivity index is 1.75. The zero-order valence-corrected chi connectivity index (χ0v) is 9.70. The van der Waals surface area contributed by atoms with Gasteiger partial charge in [0.15, 0.2) is 5.82 Å². The molecule has 18 heavy (non-hydrogen) atoms. The molecule has 2 N–H and O–H groups in total. The van der Waals surface area contributed by atoms with Gasteiger partial charge >= 0.3 is 12.0 Å². The molecule has 0 aliphatic carbocycles. The number of carboxylic acid groups (broad SMARTS) is 1. The maximum Gasteiger partial charge on any atom is 0.317 e. The van der Waals surface area contributed by atoms with Crippen LogP contribution in [0.3, 0.4) is 0 Å². The molecule has 1 aliphatic rings. The number of nitrogens with zero attached hydrogens (tertiary/aromatic N) is 3. The van der Waals surface area contributed by atoms with Crippen molar-refractivity contribution in [2.75, 3.05) is 13.1 Å². The van der Waals surface area contributed by atoms with Gasteiger partial charge in [0.2, 0.25) is 6.39 Å². The predicted molar refractivity (Wildman–Crippen MR) is 58.5 cm³/mol. The van der Waals surface area contributed by atoms with Crippen molar-refractivity contribution in [1.29, 1.82) is 0 Å². The van der Waals surface area contributed by atoms with Gasteiger partial charge in [-0.05, 0) is 12.8 Å². The van der Waals surface area contributed by atoms with Crippen molar-refractivity contribution in [2.24, 2.45) is 5.92 Å². The molecule has 8 heteroatoms. The highest BCUT2D eigenvalue weighted by Gasteiger charge is 2.26. The molecule has 98 valence electrons. The van der Waals surface area contributed by atoms with Gasteiger partial charge in [0, 0.05) is 13.1 Å². The Hall–Kier alpha value is -2.12. The van der Waals surface area contributed by atoms with Crippen LogP contribution in [-0.4, -0.2) is 45.2 Å². The predicted octanol–water partition coefficient (Wildman–Crippen LogP) is 0.0758. The van der Waals surface area contributed by atoms with E-state index in [9.17, 15) is 9.59 Å². The largest absolute Gasteiger partial charge is 0.481 e. The van der Waals surface area contributed by atoms with Crippen molar-refractivity contribution < 1.29 is 19.2 Å². The van der Waals surface area contributed by atoms with E-state index in [4.69, 9.17) is 5.11 Å². The Kier molecular flexibility index (Phi) is 3.75. The van der Waals surface area contributed by atoms with Crippen LogP contribution in [0.1, 0.15) is 18.7 Å². The van der Waals surface area contributed by atoms with Crippen LogP contribution >= 0.6 is 0 Å². The molecular weight excluding hydrogens is 240 g/mol. The summed E-state index contributed by atoms with van der Waals surface area (Å²) < 4.78 is 4.54. The topological polar surface area (TPSA) is 109 Å². The molecule has 0 unspecified atom stereocenters. The molecule has 1 fully saturated rings. The molecule has 1 aromatic heterocycles. The first-order valence-electron chi connectivity index (χ1n) is 5.67. The van der Waals surface area contributed by atoms with Crippen LogP contribution in [0.2, 0.25) is 0 Å². The molecule has 8 nitrogen and oxygen atoms in total. The molecular formula is C10H14N4O4. The van der Waals surface area contributed by atoms with Gasteiger partial charge in [-0.1, -0.05) is 5.16 Å².